The predicted molar refractivity (Wildman–Crippen MR) is 69.6 cm³/mol. The Bertz CT molecular complexity index is 565. The minimum absolute atomic E-state index is 0.326. The Balaban J connectivity index is 1.98. The molecular formula is C13H16N4O2. The second kappa shape index (κ2) is 6.10. The minimum atomic E-state index is -0.908. The summed E-state index contributed by atoms with van der Waals surface area (Å²) in [5.74, 6) is -0.0653. The maximum Gasteiger partial charge on any atom is 0.336 e. The van der Waals surface area contributed by atoms with Crippen LogP contribution in [0.4, 0.5) is 0 Å². The second-order valence-electron chi connectivity index (χ2n) is 4.10. The molecule has 2 aromatic rings. The number of benzene rings is 1. The largest absolute Gasteiger partial charge is 0.478 e. The Hall–Kier alpha value is -2.21. The molecule has 0 unspecified atom stereocenters. The summed E-state index contributed by atoms with van der Waals surface area (Å²) in [5, 5.41) is 20.1. The Morgan fingerprint density at radius 1 is 1.37 bits per heavy atom. The quantitative estimate of drug-likeness (QED) is 0.818. The first-order chi connectivity index (χ1) is 9.22. The first kappa shape index (κ1) is 13.2. The van der Waals surface area contributed by atoms with Crippen LogP contribution in [-0.4, -0.2) is 25.8 Å². The van der Waals surface area contributed by atoms with Crippen molar-refractivity contribution in [3.8, 4) is 0 Å². The van der Waals surface area contributed by atoms with Crippen molar-refractivity contribution in [2.45, 2.75) is 26.6 Å². The van der Waals surface area contributed by atoms with Gasteiger partial charge in [0.05, 0.1) is 12.1 Å². The summed E-state index contributed by atoms with van der Waals surface area (Å²) in [6.07, 6.45) is 1.68. The van der Waals surface area contributed by atoms with E-state index in [1.54, 1.807) is 24.5 Å². The van der Waals surface area contributed by atoms with Crippen LogP contribution in [0, 0.1) is 0 Å². The van der Waals surface area contributed by atoms with Gasteiger partial charge in [-0.3, -0.25) is 0 Å². The van der Waals surface area contributed by atoms with Crippen molar-refractivity contribution in [1.82, 2.24) is 20.1 Å². The molecule has 0 bridgehead atoms. The van der Waals surface area contributed by atoms with Crippen LogP contribution < -0.4 is 5.32 Å². The van der Waals surface area contributed by atoms with E-state index >= 15 is 0 Å². The molecule has 6 heteroatoms. The van der Waals surface area contributed by atoms with Crippen molar-refractivity contribution < 1.29 is 9.90 Å². The van der Waals surface area contributed by atoms with E-state index in [9.17, 15) is 4.79 Å². The molecule has 100 valence electrons. The molecule has 0 saturated heterocycles. The third-order valence-corrected chi connectivity index (χ3v) is 2.88. The molecule has 0 aliphatic heterocycles. The number of hydrogen-bond acceptors (Lipinski definition) is 4. The van der Waals surface area contributed by atoms with Crippen molar-refractivity contribution >= 4 is 5.97 Å². The highest BCUT2D eigenvalue weighted by Gasteiger charge is 2.09. The molecule has 0 amide bonds. The zero-order valence-electron chi connectivity index (χ0n) is 10.7. The monoisotopic (exact) mass is 260 g/mol. The van der Waals surface area contributed by atoms with Crippen molar-refractivity contribution in [2.24, 2.45) is 0 Å². The van der Waals surface area contributed by atoms with Gasteiger partial charge >= 0.3 is 5.97 Å². The molecule has 0 saturated carbocycles. The maximum atomic E-state index is 11.1. The smallest absolute Gasteiger partial charge is 0.336 e. The highest BCUT2D eigenvalue weighted by molar-refractivity contribution is 5.89. The minimum Gasteiger partial charge on any atom is -0.478 e. The van der Waals surface area contributed by atoms with Crippen LogP contribution >= 0.6 is 0 Å². The molecule has 19 heavy (non-hydrogen) atoms. The van der Waals surface area contributed by atoms with Crippen LogP contribution in [-0.2, 0) is 19.6 Å². The first-order valence-electron chi connectivity index (χ1n) is 6.11. The van der Waals surface area contributed by atoms with Crippen molar-refractivity contribution in [2.75, 3.05) is 0 Å². The van der Waals surface area contributed by atoms with Crippen LogP contribution in [0.15, 0.2) is 30.6 Å². The fraction of sp³-hybridized carbons (Fsp3) is 0.308. The van der Waals surface area contributed by atoms with Crippen LogP contribution in [0.25, 0.3) is 0 Å². The summed E-state index contributed by atoms with van der Waals surface area (Å²) in [7, 11) is 0. The molecule has 0 fully saturated rings. The maximum absolute atomic E-state index is 11.1. The molecule has 1 aromatic carbocycles. The van der Waals surface area contributed by atoms with E-state index < -0.39 is 5.97 Å². The van der Waals surface area contributed by atoms with Crippen molar-refractivity contribution in [3.05, 3.63) is 47.5 Å². The van der Waals surface area contributed by atoms with Gasteiger partial charge in [0, 0.05) is 13.1 Å². The van der Waals surface area contributed by atoms with Gasteiger partial charge in [-0.2, -0.15) is 0 Å². The Morgan fingerprint density at radius 3 is 2.89 bits per heavy atom. The van der Waals surface area contributed by atoms with Crippen LogP contribution in [0.3, 0.4) is 0 Å². The van der Waals surface area contributed by atoms with E-state index in [-0.39, 0.29) is 0 Å². The molecule has 6 nitrogen and oxygen atoms in total. The summed E-state index contributed by atoms with van der Waals surface area (Å²) >= 11 is 0. The number of carboxylic acids is 1. The fourth-order valence-electron chi connectivity index (χ4n) is 1.87. The van der Waals surface area contributed by atoms with Gasteiger partial charge in [-0.1, -0.05) is 18.2 Å². The summed E-state index contributed by atoms with van der Waals surface area (Å²) < 4.78 is 1.94. The molecule has 2 N–H and O–H groups in total. The van der Waals surface area contributed by atoms with Gasteiger partial charge in [0.15, 0.2) is 0 Å². The van der Waals surface area contributed by atoms with Gasteiger partial charge in [0.1, 0.15) is 12.2 Å². The normalized spacial score (nSPS) is 10.6. The van der Waals surface area contributed by atoms with Gasteiger partial charge in [0.2, 0.25) is 0 Å². The average molecular weight is 260 g/mol. The molecule has 0 aliphatic carbocycles. The molecule has 1 heterocycles. The molecule has 0 radical (unpaired) electrons. The Morgan fingerprint density at radius 2 is 2.16 bits per heavy atom. The topological polar surface area (TPSA) is 80.0 Å². The summed E-state index contributed by atoms with van der Waals surface area (Å²) in [6.45, 7) is 3.88. The summed E-state index contributed by atoms with van der Waals surface area (Å²) in [4.78, 5) is 11.1. The number of aromatic carboxylic acids is 1. The van der Waals surface area contributed by atoms with Crippen molar-refractivity contribution in [1.29, 1.82) is 0 Å². The lowest BCUT2D eigenvalue weighted by molar-refractivity contribution is 0.0695. The van der Waals surface area contributed by atoms with E-state index in [4.69, 9.17) is 5.11 Å². The number of nitrogens with zero attached hydrogens (tertiary/aromatic N) is 3. The highest BCUT2D eigenvalue weighted by atomic mass is 16.4. The lowest BCUT2D eigenvalue weighted by Crippen LogP contribution is -2.18. The van der Waals surface area contributed by atoms with Gasteiger partial charge in [-0.25, -0.2) is 4.79 Å². The molecule has 0 atom stereocenters. The van der Waals surface area contributed by atoms with Gasteiger partial charge in [-0.15, -0.1) is 10.2 Å². The Labute approximate surface area is 111 Å². The van der Waals surface area contributed by atoms with Crippen LogP contribution in [0.5, 0.6) is 0 Å². The number of aryl methyl sites for hydroxylation is 1. The van der Waals surface area contributed by atoms with Gasteiger partial charge in [0.25, 0.3) is 0 Å². The van der Waals surface area contributed by atoms with E-state index in [2.05, 4.69) is 15.5 Å². The Kier molecular flexibility index (Phi) is 4.25. The number of aromatic nitrogens is 3. The molecule has 1 aromatic heterocycles. The first-order valence-corrected chi connectivity index (χ1v) is 6.11. The van der Waals surface area contributed by atoms with E-state index in [0.717, 1.165) is 17.9 Å². The van der Waals surface area contributed by atoms with Gasteiger partial charge < -0.3 is 15.0 Å². The number of carboxylic acid groups (broad SMARTS) is 1. The number of hydrogen-bond donors (Lipinski definition) is 2. The molecule has 0 aliphatic rings. The fourth-order valence-corrected chi connectivity index (χ4v) is 1.87. The van der Waals surface area contributed by atoms with E-state index in [1.165, 1.54) is 0 Å². The lowest BCUT2D eigenvalue weighted by atomic mass is 10.1. The standard InChI is InChI=1S/C13H16N4O2/c1-2-17-9-15-16-12(17)8-14-7-10-5-3-4-6-11(10)13(18)19/h3-6,9,14H,2,7-8H2,1H3,(H,18,19). The van der Waals surface area contributed by atoms with Gasteiger partial charge in [-0.05, 0) is 18.6 Å². The predicted octanol–water partition coefficient (Wildman–Crippen LogP) is 1.29. The highest BCUT2D eigenvalue weighted by Crippen LogP contribution is 2.08. The second-order valence-corrected chi connectivity index (χ2v) is 4.10. The molecular weight excluding hydrogens is 244 g/mol. The summed E-state index contributed by atoms with van der Waals surface area (Å²) in [5.41, 5.74) is 1.09. The zero-order valence-corrected chi connectivity index (χ0v) is 10.7. The van der Waals surface area contributed by atoms with E-state index in [1.807, 2.05) is 17.6 Å². The average Bonchev–Trinajstić information content (AvgIpc) is 2.86. The number of nitrogens with one attached hydrogen (secondary N) is 1. The third kappa shape index (κ3) is 3.17. The summed E-state index contributed by atoms with van der Waals surface area (Å²) in [6, 6.07) is 6.97. The van der Waals surface area contributed by atoms with Crippen molar-refractivity contribution in [3.63, 3.8) is 0 Å². The lowest BCUT2D eigenvalue weighted by Gasteiger charge is -2.08. The number of rotatable bonds is 6. The third-order valence-electron chi connectivity index (χ3n) is 2.88. The molecule has 0 spiro atoms. The zero-order chi connectivity index (χ0) is 13.7. The van der Waals surface area contributed by atoms with Crippen LogP contribution in [0.2, 0.25) is 0 Å². The van der Waals surface area contributed by atoms with Crippen LogP contribution in [0.1, 0.15) is 28.7 Å². The number of carbonyl (C=O) groups is 1. The SMILES string of the molecule is CCn1cnnc1CNCc1ccccc1C(=O)O. The van der Waals surface area contributed by atoms with E-state index in [0.29, 0.717) is 18.7 Å². The molecule has 2 rings (SSSR count).